The molecule has 3 aromatic rings. The van der Waals surface area contributed by atoms with Crippen LogP contribution in [0.2, 0.25) is 10.0 Å². The summed E-state index contributed by atoms with van der Waals surface area (Å²) < 4.78 is 26.7. The van der Waals surface area contributed by atoms with Crippen molar-refractivity contribution in [2.75, 3.05) is 13.1 Å². The molecule has 0 saturated carbocycles. The molecule has 1 atom stereocenters. The fourth-order valence-corrected chi connectivity index (χ4v) is 6.87. The smallest absolute Gasteiger partial charge is 0.269 e. The topological polar surface area (TPSA) is 104 Å². The van der Waals surface area contributed by atoms with E-state index in [2.05, 4.69) is 5.32 Å². The van der Waals surface area contributed by atoms with Crippen LogP contribution in [0.15, 0.2) is 77.7 Å². The van der Waals surface area contributed by atoms with Gasteiger partial charge in [-0.05, 0) is 42.7 Å². The van der Waals surface area contributed by atoms with Gasteiger partial charge in [0.25, 0.3) is 15.9 Å². The highest BCUT2D eigenvalue weighted by Gasteiger charge is 2.40. The first-order valence-corrected chi connectivity index (χ1v) is 15.5. The van der Waals surface area contributed by atoms with Crippen LogP contribution in [0.3, 0.4) is 0 Å². The Bertz CT molecular complexity index is 1510. The van der Waals surface area contributed by atoms with E-state index >= 15 is 0 Å². The summed E-state index contributed by atoms with van der Waals surface area (Å²) in [5, 5.41) is 3.61. The van der Waals surface area contributed by atoms with Crippen LogP contribution in [-0.4, -0.2) is 54.5 Å². The first kappa shape index (κ1) is 30.6. The van der Waals surface area contributed by atoms with Gasteiger partial charge in [0, 0.05) is 48.1 Å². The zero-order chi connectivity index (χ0) is 29.6. The highest BCUT2D eigenvalue weighted by Crippen LogP contribution is 2.31. The van der Waals surface area contributed by atoms with E-state index in [0.717, 1.165) is 16.3 Å². The number of amides is 3. The molecule has 216 valence electrons. The van der Waals surface area contributed by atoms with Gasteiger partial charge >= 0.3 is 0 Å². The molecular weight excluding hydrogens is 585 g/mol. The van der Waals surface area contributed by atoms with E-state index in [0.29, 0.717) is 22.2 Å². The van der Waals surface area contributed by atoms with Gasteiger partial charge in [-0.2, -0.15) is 0 Å². The van der Waals surface area contributed by atoms with Crippen LogP contribution in [0.1, 0.15) is 47.7 Å². The first-order chi connectivity index (χ1) is 19.6. The molecule has 0 fully saturated rings. The monoisotopic (exact) mass is 615 g/mol. The molecule has 1 N–H and O–H groups in total. The molecule has 0 aromatic heterocycles. The van der Waals surface area contributed by atoms with Crippen LogP contribution >= 0.6 is 23.2 Å². The largest absolute Gasteiger partial charge is 0.354 e. The standard InChI is InChI=1S/C30H31Cl2N3O5S/c1-2-17-33-29(37)26(19-21-10-4-3-5-11-21)34(20-23-24(31)13-8-14-25(23)32)28(36)16-9-18-35-30(38)22-12-6-7-15-27(22)41(35,39)40/h3-8,10-15,26H,2,9,16-20H2,1H3,(H,33,37). The molecule has 0 spiro atoms. The van der Waals surface area contributed by atoms with Crippen molar-refractivity contribution >= 4 is 50.9 Å². The molecule has 1 unspecified atom stereocenters. The molecule has 1 aliphatic heterocycles. The van der Waals surface area contributed by atoms with Gasteiger partial charge in [-0.15, -0.1) is 0 Å². The quantitative estimate of drug-likeness (QED) is 0.306. The highest BCUT2D eigenvalue weighted by molar-refractivity contribution is 7.90. The van der Waals surface area contributed by atoms with Crippen molar-refractivity contribution in [3.05, 3.63) is 99.5 Å². The second-order valence-electron chi connectivity index (χ2n) is 9.70. The van der Waals surface area contributed by atoms with Crippen molar-refractivity contribution in [3.63, 3.8) is 0 Å². The number of nitrogens with zero attached hydrogens (tertiary/aromatic N) is 2. The van der Waals surface area contributed by atoms with Crippen molar-refractivity contribution in [3.8, 4) is 0 Å². The Morgan fingerprint density at radius 1 is 0.951 bits per heavy atom. The molecular formula is C30H31Cl2N3O5S. The molecule has 3 amide bonds. The van der Waals surface area contributed by atoms with Gasteiger partial charge in [0.1, 0.15) is 10.9 Å². The Morgan fingerprint density at radius 3 is 2.27 bits per heavy atom. The maximum atomic E-state index is 13.8. The number of fused-ring (bicyclic) bond motifs is 1. The maximum Gasteiger partial charge on any atom is 0.269 e. The van der Waals surface area contributed by atoms with Gasteiger partial charge in [-0.1, -0.05) is 78.7 Å². The normalized spacial score (nSPS) is 14.4. The number of sulfonamides is 1. The van der Waals surface area contributed by atoms with Crippen LogP contribution in [0, 0.1) is 0 Å². The molecule has 0 bridgehead atoms. The third-order valence-electron chi connectivity index (χ3n) is 6.87. The summed E-state index contributed by atoms with van der Waals surface area (Å²) in [7, 11) is -3.99. The minimum Gasteiger partial charge on any atom is -0.354 e. The van der Waals surface area contributed by atoms with Crippen molar-refractivity contribution in [1.82, 2.24) is 14.5 Å². The second kappa shape index (κ2) is 13.5. The van der Waals surface area contributed by atoms with Gasteiger partial charge in [-0.3, -0.25) is 14.4 Å². The van der Waals surface area contributed by atoms with Crippen LogP contribution in [0.4, 0.5) is 0 Å². The number of rotatable bonds is 12. The van der Waals surface area contributed by atoms with Crippen LogP contribution in [0.5, 0.6) is 0 Å². The Morgan fingerprint density at radius 2 is 1.61 bits per heavy atom. The third kappa shape index (κ3) is 6.92. The average Bonchev–Trinajstić information content (AvgIpc) is 3.16. The zero-order valence-corrected chi connectivity index (χ0v) is 24.9. The highest BCUT2D eigenvalue weighted by atomic mass is 35.5. The van der Waals surface area contributed by atoms with Crippen LogP contribution in [-0.2, 0) is 32.6 Å². The minimum atomic E-state index is -3.99. The number of nitrogens with one attached hydrogen (secondary N) is 1. The predicted octanol–water partition coefficient (Wildman–Crippen LogP) is 5.08. The van der Waals surface area contributed by atoms with Crippen LogP contribution in [0.25, 0.3) is 0 Å². The lowest BCUT2D eigenvalue weighted by molar-refractivity contribution is -0.141. The molecule has 41 heavy (non-hydrogen) atoms. The van der Waals surface area contributed by atoms with E-state index < -0.39 is 27.9 Å². The number of benzene rings is 3. The molecule has 11 heteroatoms. The van der Waals surface area contributed by atoms with Gasteiger partial charge in [-0.25, -0.2) is 12.7 Å². The van der Waals surface area contributed by atoms with E-state index in [9.17, 15) is 22.8 Å². The Kier molecular flexibility index (Phi) is 10.1. The Hall–Kier alpha value is -3.40. The molecule has 0 aliphatic carbocycles. The Labute approximate surface area is 250 Å². The summed E-state index contributed by atoms with van der Waals surface area (Å²) >= 11 is 12.9. The van der Waals surface area contributed by atoms with E-state index in [1.54, 1.807) is 30.3 Å². The number of carbonyl (C=O) groups excluding carboxylic acids is 3. The van der Waals surface area contributed by atoms with Crippen molar-refractivity contribution in [2.45, 2.75) is 50.1 Å². The number of hydrogen-bond donors (Lipinski definition) is 1. The molecule has 8 nitrogen and oxygen atoms in total. The molecule has 1 aliphatic rings. The van der Waals surface area contributed by atoms with E-state index in [1.807, 2.05) is 37.3 Å². The van der Waals surface area contributed by atoms with E-state index in [-0.39, 0.29) is 48.7 Å². The van der Waals surface area contributed by atoms with Gasteiger partial charge in [0.15, 0.2) is 0 Å². The lowest BCUT2D eigenvalue weighted by atomic mass is 10.0. The molecule has 1 heterocycles. The number of halogens is 2. The zero-order valence-electron chi connectivity index (χ0n) is 22.6. The SMILES string of the molecule is CCCNC(=O)C(Cc1ccccc1)N(Cc1c(Cl)cccc1Cl)C(=O)CCCN1C(=O)c2ccccc2S1(=O)=O. The first-order valence-electron chi connectivity index (χ1n) is 13.3. The van der Waals surface area contributed by atoms with Crippen molar-refractivity contribution in [1.29, 1.82) is 0 Å². The van der Waals surface area contributed by atoms with Gasteiger partial charge in [0.05, 0.1) is 5.56 Å². The molecule has 0 saturated heterocycles. The van der Waals surface area contributed by atoms with E-state index in [1.165, 1.54) is 17.0 Å². The second-order valence-corrected chi connectivity index (χ2v) is 12.3. The Balaban J connectivity index is 1.59. The van der Waals surface area contributed by atoms with Crippen molar-refractivity contribution < 1.29 is 22.8 Å². The summed E-state index contributed by atoms with van der Waals surface area (Å²) in [6, 6.07) is 19.5. The fraction of sp³-hybridized carbons (Fsp3) is 0.300. The number of carbonyl (C=O) groups is 3. The summed E-state index contributed by atoms with van der Waals surface area (Å²) in [5.74, 6) is -1.33. The average molecular weight is 617 g/mol. The number of hydrogen-bond acceptors (Lipinski definition) is 5. The van der Waals surface area contributed by atoms with Crippen molar-refractivity contribution in [2.24, 2.45) is 0 Å². The lowest BCUT2D eigenvalue weighted by Gasteiger charge is -2.32. The minimum absolute atomic E-state index is 0.0270. The molecule has 0 radical (unpaired) electrons. The summed E-state index contributed by atoms with van der Waals surface area (Å²) in [6.45, 7) is 2.17. The van der Waals surface area contributed by atoms with Gasteiger partial charge < -0.3 is 10.2 Å². The summed E-state index contributed by atoms with van der Waals surface area (Å²) in [5.41, 5.74) is 1.47. The molecule has 3 aromatic carbocycles. The van der Waals surface area contributed by atoms with Crippen LogP contribution < -0.4 is 5.32 Å². The summed E-state index contributed by atoms with van der Waals surface area (Å²) in [6.07, 6.45) is 0.927. The maximum absolute atomic E-state index is 13.8. The predicted molar refractivity (Wildman–Crippen MR) is 158 cm³/mol. The van der Waals surface area contributed by atoms with Gasteiger partial charge in [0.2, 0.25) is 11.8 Å². The third-order valence-corrected chi connectivity index (χ3v) is 9.42. The van der Waals surface area contributed by atoms with E-state index in [4.69, 9.17) is 23.2 Å². The molecule has 4 rings (SSSR count). The summed E-state index contributed by atoms with van der Waals surface area (Å²) in [4.78, 5) is 41.5. The fourth-order valence-electron chi connectivity index (χ4n) is 4.74. The lowest BCUT2D eigenvalue weighted by Crippen LogP contribution is -2.50.